The Morgan fingerprint density at radius 1 is 0.765 bits per heavy atom. The summed E-state index contributed by atoms with van der Waals surface area (Å²) < 4.78 is 4.31. The maximum atomic E-state index is 11.1. The highest BCUT2D eigenvalue weighted by atomic mass is 16.6. The first kappa shape index (κ1) is 15.9. The Morgan fingerprint density at radius 3 is 1.29 bits per heavy atom. The minimum atomic E-state index is -0.950. The van der Waals surface area contributed by atoms with E-state index in [1.807, 2.05) is 0 Å². The first-order valence-electron chi connectivity index (χ1n) is 4.69. The third-order valence-corrected chi connectivity index (χ3v) is 1.73. The van der Waals surface area contributed by atoms with Crippen LogP contribution in [0, 0.1) is 0 Å². The molecule has 9 heteroatoms. The van der Waals surface area contributed by atoms with Gasteiger partial charge in [0.05, 0.1) is 26.9 Å². The van der Waals surface area contributed by atoms with E-state index < -0.39 is 52.0 Å². The average Bonchev–Trinajstić information content (AvgIpc) is 2.32. The van der Waals surface area contributed by atoms with Gasteiger partial charge in [-0.15, -0.1) is 0 Å². The van der Waals surface area contributed by atoms with Crippen molar-refractivity contribution in [2.45, 2.75) is 0 Å². The fourth-order valence-electron chi connectivity index (χ4n) is 0.846. The second kappa shape index (κ2) is 8.98. The molecule has 0 saturated heterocycles. The molecule has 0 amide bonds. The molecule has 4 N–H and O–H groups in total. The Morgan fingerprint density at radius 2 is 1.06 bits per heavy atom. The Kier molecular flexibility index (Phi) is 8.40. The lowest BCUT2D eigenvalue weighted by atomic mass is 10.5. The van der Waals surface area contributed by atoms with Crippen LogP contribution in [0.15, 0.2) is 0 Å². The summed E-state index contributed by atoms with van der Waals surface area (Å²) in [6.07, 6.45) is 0. The molecule has 0 aromatic carbocycles. The number of rotatable bonds is 8. The van der Waals surface area contributed by atoms with Gasteiger partial charge in [0.2, 0.25) is 0 Å². The number of aliphatic hydroxyl groups is 4. The summed E-state index contributed by atoms with van der Waals surface area (Å²) in [5.74, 6) is -1.90. The maximum absolute atomic E-state index is 11.1. The number of esters is 2. The zero-order chi connectivity index (χ0) is 13.3. The lowest BCUT2D eigenvalue weighted by Crippen LogP contribution is -2.37. The number of hydrogen-bond donors (Lipinski definition) is 4. The Balaban J connectivity index is 3.99. The van der Waals surface area contributed by atoms with E-state index in [1.54, 1.807) is 0 Å². The predicted molar refractivity (Wildman–Crippen MR) is 52.9 cm³/mol. The van der Waals surface area contributed by atoms with Crippen LogP contribution < -0.4 is 0 Å². The van der Waals surface area contributed by atoms with Gasteiger partial charge in [0.15, 0.2) is 0 Å². The second-order valence-corrected chi connectivity index (χ2v) is 3.07. The third-order valence-electron chi connectivity index (χ3n) is 1.73. The molecule has 0 aliphatic heterocycles. The number of ether oxygens (including phenoxy) is 1. The molecular formula is C8H16N2O7. The molecule has 0 aromatic rings. The molecule has 0 fully saturated rings. The minimum absolute atomic E-state index is 0.447. The summed E-state index contributed by atoms with van der Waals surface area (Å²) in [6, 6.07) is 0. The van der Waals surface area contributed by atoms with Crippen LogP contribution in [0.3, 0.4) is 0 Å². The average molecular weight is 252 g/mol. The Hall–Kier alpha value is -1.10. The summed E-state index contributed by atoms with van der Waals surface area (Å²) in [6.45, 7) is -3.12. The van der Waals surface area contributed by atoms with Gasteiger partial charge in [0.25, 0.3) is 0 Å². The van der Waals surface area contributed by atoms with E-state index in [1.165, 1.54) is 0 Å². The predicted octanol–water partition coefficient (Wildman–Crippen LogP) is -3.54. The number of carbonyl (C=O) groups is 2. The lowest BCUT2D eigenvalue weighted by molar-refractivity contribution is -0.163. The zero-order valence-electron chi connectivity index (χ0n) is 9.15. The van der Waals surface area contributed by atoms with E-state index in [-0.39, 0.29) is 0 Å². The highest BCUT2D eigenvalue weighted by Gasteiger charge is 2.16. The quantitative estimate of drug-likeness (QED) is 0.197. The van der Waals surface area contributed by atoms with Crippen molar-refractivity contribution in [3.05, 3.63) is 0 Å². The summed E-state index contributed by atoms with van der Waals surface area (Å²) in [4.78, 5) is 24.0. The second-order valence-electron chi connectivity index (χ2n) is 3.07. The SMILES string of the molecule is O=C(CN(CO)CO)OC(=O)CN(CO)CO. The molecule has 0 unspecified atom stereocenters. The number of hydrogen-bond acceptors (Lipinski definition) is 9. The van der Waals surface area contributed by atoms with Gasteiger partial charge in [0, 0.05) is 0 Å². The van der Waals surface area contributed by atoms with Crippen molar-refractivity contribution in [1.29, 1.82) is 0 Å². The van der Waals surface area contributed by atoms with Crippen LogP contribution >= 0.6 is 0 Å². The molecule has 0 spiro atoms. The highest BCUT2D eigenvalue weighted by molar-refractivity contribution is 5.87. The summed E-state index contributed by atoms with van der Waals surface area (Å²) >= 11 is 0. The first-order valence-corrected chi connectivity index (χ1v) is 4.69. The number of carbonyl (C=O) groups excluding carboxylic acids is 2. The van der Waals surface area contributed by atoms with Gasteiger partial charge >= 0.3 is 11.9 Å². The topological polar surface area (TPSA) is 131 Å². The van der Waals surface area contributed by atoms with Crippen LogP contribution in [0.2, 0.25) is 0 Å². The van der Waals surface area contributed by atoms with Crippen molar-refractivity contribution < 1.29 is 34.8 Å². The van der Waals surface area contributed by atoms with Gasteiger partial charge in [-0.1, -0.05) is 0 Å². The Labute approximate surface area is 97.4 Å². The van der Waals surface area contributed by atoms with E-state index >= 15 is 0 Å². The van der Waals surface area contributed by atoms with Crippen molar-refractivity contribution in [3.63, 3.8) is 0 Å². The van der Waals surface area contributed by atoms with E-state index in [9.17, 15) is 9.59 Å². The standard InChI is InChI=1S/C8H16N2O7/c11-3-9(4-12)1-7(15)17-8(16)2-10(5-13)6-14/h11-14H,1-6H2. The molecule has 100 valence electrons. The van der Waals surface area contributed by atoms with Crippen LogP contribution in [0.5, 0.6) is 0 Å². The number of nitrogens with zero attached hydrogens (tertiary/aromatic N) is 2. The fourth-order valence-corrected chi connectivity index (χ4v) is 0.846. The monoisotopic (exact) mass is 252 g/mol. The van der Waals surface area contributed by atoms with E-state index in [0.29, 0.717) is 0 Å². The van der Waals surface area contributed by atoms with E-state index in [2.05, 4.69) is 4.74 Å². The zero-order valence-corrected chi connectivity index (χ0v) is 9.15. The molecule has 0 bridgehead atoms. The molecule has 0 atom stereocenters. The van der Waals surface area contributed by atoms with Gasteiger partial charge in [-0.3, -0.25) is 9.59 Å². The van der Waals surface area contributed by atoms with Crippen molar-refractivity contribution in [2.75, 3.05) is 40.0 Å². The summed E-state index contributed by atoms with van der Waals surface area (Å²) in [5.41, 5.74) is 0. The van der Waals surface area contributed by atoms with Gasteiger partial charge in [-0.2, -0.15) is 0 Å². The van der Waals surface area contributed by atoms with E-state index in [4.69, 9.17) is 20.4 Å². The smallest absolute Gasteiger partial charge is 0.327 e. The molecule has 0 aliphatic carbocycles. The van der Waals surface area contributed by atoms with Crippen LogP contribution in [0.4, 0.5) is 0 Å². The highest BCUT2D eigenvalue weighted by Crippen LogP contribution is 1.91. The summed E-state index contributed by atoms with van der Waals surface area (Å²) in [7, 11) is 0. The maximum Gasteiger partial charge on any atom is 0.327 e. The van der Waals surface area contributed by atoms with Crippen molar-refractivity contribution >= 4 is 11.9 Å². The van der Waals surface area contributed by atoms with Crippen molar-refractivity contribution in [3.8, 4) is 0 Å². The largest absolute Gasteiger partial charge is 0.391 e. The molecule has 0 aliphatic rings. The minimum Gasteiger partial charge on any atom is -0.391 e. The van der Waals surface area contributed by atoms with Gasteiger partial charge in [-0.05, 0) is 0 Å². The van der Waals surface area contributed by atoms with Crippen molar-refractivity contribution in [1.82, 2.24) is 9.80 Å². The normalized spacial score (nSPS) is 10.9. The van der Waals surface area contributed by atoms with Crippen LogP contribution in [0.1, 0.15) is 0 Å². The molecule has 0 rings (SSSR count). The third kappa shape index (κ3) is 6.94. The van der Waals surface area contributed by atoms with Crippen LogP contribution in [-0.2, 0) is 14.3 Å². The Bertz CT molecular complexity index is 216. The van der Waals surface area contributed by atoms with Crippen molar-refractivity contribution in [2.24, 2.45) is 0 Å². The fraction of sp³-hybridized carbons (Fsp3) is 0.750. The summed E-state index contributed by atoms with van der Waals surface area (Å²) in [5, 5.41) is 34.5. The van der Waals surface area contributed by atoms with Crippen LogP contribution in [0.25, 0.3) is 0 Å². The molecule has 17 heavy (non-hydrogen) atoms. The van der Waals surface area contributed by atoms with Gasteiger partial charge in [-0.25, -0.2) is 9.80 Å². The van der Waals surface area contributed by atoms with Gasteiger partial charge < -0.3 is 25.2 Å². The first-order chi connectivity index (χ1) is 8.07. The van der Waals surface area contributed by atoms with Crippen LogP contribution in [-0.4, -0.2) is 82.2 Å². The molecule has 0 heterocycles. The number of aliphatic hydroxyl groups excluding tert-OH is 4. The molecule has 0 radical (unpaired) electrons. The molecule has 0 aromatic heterocycles. The van der Waals surface area contributed by atoms with Gasteiger partial charge in [0.1, 0.15) is 13.1 Å². The molecule has 9 nitrogen and oxygen atoms in total. The molecule has 0 saturated carbocycles. The van der Waals surface area contributed by atoms with E-state index in [0.717, 1.165) is 9.80 Å². The molecular weight excluding hydrogens is 236 g/mol. The lowest BCUT2D eigenvalue weighted by Gasteiger charge is -2.16.